The monoisotopic (exact) mass is 286 g/mol. The Balaban J connectivity index is 1.85. The second-order valence-corrected chi connectivity index (χ2v) is 4.88. The first-order valence-electron chi connectivity index (χ1n) is 6.25. The van der Waals surface area contributed by atoms with E-state index in [1.807, 2.05) is 30.3 Å². The number of benzene rings is 2. The van der Waals surface area contributed by atoms with E-state index in [0.717, 1.165) is 22.2 Å². The lowest BCUT2D eigenvalue weighted by Crippen LogP contribution is -2.01. The SMILES string of the molecule is Fc1ccc(NCc2cccc3cccnc23)cc1Cl. The van der Waals surface area contributed by atoms with Crippen LogP contribution in [0.25, 0.3) is 10.9 Å². The van der Waals surface area contributed by atoms with Crippen LogP contribution in [-0.4, -0.2) is 4.98 Å². The molecule has 1 aromatic heterocycles. The van der Waals surface area contributed by atoms with Crippen molar-refractivity contribution in [2.24, 2.45) is 0 Å². The van der Waals surface area contributed by atoms with E-state index in [1.165, 1.54) is 6.07 Å². The first-order valence-corrected chi connectivity index (χ1v) is 6.63. The van der Waals surface area contributed by atoms with E-state index < -0.39 is 5.82 Å². The molecule has 20 heavy (non-hydrogen) atoms. The molecule has 0 aliphatic rings. The second kappa shape index (κ2) is 5.47. The summed E-state index contributed by atoms with van der Waals surface area (Å²) in [7, 11) is 0. The van der Waals surface area contributed by atoms with E-state index in [9.17, 15) is 4.39 Å². The minimum Gasteiger partial charge on any atom is -0.381 e. The van der Waals surface area contributed by atoms with Crippen LogP contribution < -0.4 is 5.32 Å². The summed E-state index contributed by atoms with van der Waals surface area (Å²) in [4.78, 5) is 4.40. The van der Waals surface area contributed by atoms with Crippen molar-refractivity contribution in [3.63, 3.8) is 0 Å². The highest BCUT2D eigenvalue weighted by molar-refractivity contribution is 6.31. The molecule has 0 aliphatic heterocycles. The molecule has 1 N–H and O–H groups in total. The van der Waals surface area contributed by atoms with Gasteiger partial charge in [0, 0.05) is 23.8 Å². The van der Waals surface area contributed by atoms with Crippen molar-refractivity contribution in [3.8, 4) is 0 Å². The summed E-state index contributed by atoms with van der Waals surface area (Å²) < 4.78 is 13.1. The van der Waals surface area contributed by atoms with Crippen LogP contribution in [0.5, 0.6) is 0 Å². The third kappa shape index (κ3) is 2.58. The van der Waals surface area contributed by atoms with E-state index in [-0.39, 0.29) is 5.02 Å². The van der Waals surface area contributed by atoms with Crippen LogP contribution in [0, 0.1) is 5.82 Å². The number of halogens is 2. The van der Waals surface area contributed by atoms with Crippen molar-refractivity contribution in [1.82, 2.24) is 4.98 Å². The molecule has 2 nitrogen and oxygen atoms in total. The van der Waals surface area contributed by atoms with Crippen molar-refractivity contribution in [1.29, 1.82) is 0 Å². The Morgan fingerprint density at radius 1 is 1.10 bits per heavy atom. The summed E-state index contributed by atoms with van der Waals surface area (Å²) in [5.41, 5.74) is 2.84. The number of pyridine rings is 1. The second-order valence-electron chi connectivity index (χ2n) is 4.47. The number of anilines is 1. The van der Waals surface area contributed by atoms with Gasteiger partial charge in [-0.15, -0.1) is 0 Å². The lowest BCUT2D eigenvalue weighted by Gasteiger charge is -2.09. The van der Waals surface area contributed by atoms with Gasteiger partial charge in [-0.25, -0.2) is 4.39 Å². The van der Waals surface area contributed by atoms with E-state index in [4.69, 9.17) is 11.6 Å². The molecule has 0 unspecified atom stereocenters. The predicted molar refractivity (Wildman–Crippen MR) is 80.5 cm³/mol. The molecule has 100 valence electrons. The minimum absolute atomic E-state index is 0.117. The Bertz CT molecular complexity index is 753. The highest BCUT2D eigenvalue weighted by Crippen LogP contribution is 2.21. The normalized spacial score (nSPS) is 10.7. The van der Waals surface area contributed by atoms with Gasteiger partial charge in [0.25, 0.3) is 0 Å². The Hall–Kier alpha value is -2.13. The van der Waals surface area contributed by atoms with Crippen LogP contribution in [0.3, 0.4) is 0 Å². The highest BCUT2D eigenvalue weighted by Gasteiger charge is 2.03. The molecule has 3 aromatic rings. The Labute approximate surface area is 121 Å². The molecule has 0 atom stereocenters. The number of hydrogen-bond donors (Lipinski definition) is 1. The fourth-order valence-corrected chi connectivity index (χ4v) is 2.29. The molecule has 0 bridgehead atoms. The summed E-state index contributed by atoms with van der Waals surface area (Å²) in [5.74, 6) is -0.413. The molecule has 2 aromatic carbocycles. The number of fused-ring (bicyclic) bond motifs is 1. The van der Waals surface area contributed by atoms with Crippen molar-refractivity contribution >= 4 is 28.2 Å². The Morgan fingerprint density at radius 2 is 1.95 bits per heavy atom. The molecular weight excluding hydrogens is 275 g/mol. The van der Waals surface area contributed by atoms with Gasteiger partial charge in [-0.2, -0.15) is 0 Å². The number of hydrogen-bond acceptors (Lipinski definition) is 2. The summed E-state index contributed by atoms with van der Waals surface area (Å²) in [5, 5.41) is 4.45. The van der Waals surface area contributed by atoms with Crippen LogP contribution in [-0.2, 0) is 6.54 Å². The molecule has 3 rings (SSSR count). The van der Waals surface area contributed by atoms with Gasteiger partial charge in [0.05, 0.1) is 10.5 Å². The van der Waals surface area contributed by atoms with Crippen molar-refractivity contribution in [2.45, 2.75) is 6.54 Å². The van der Waals surface area contributed by atoms with Gasteiger partial charge < -0.3 is 5.32 Å². The minimum atomic E-state index is -0.413. The van der Waals surface area contributed by atoms with E-state index in [0.29, 0.717) is 6.54 Å². The number of nitrogens with one attached hydrogen (secondary N) is 1. The summed E-state index contributed by atoms with van der Waals surface area (Å²) >= 11 is 5.76. The smallest absolute Gasteiger partial charge is 0.141 e. The van der Waals surface area contributed by atoms with Gasteiger partial charge in [0.15, 0.2) is 0 Å². The van der Waals surface area contributed by atoms with Gasteiger partial charge in [-0.05, 0) is 29.8 Å². The zero-order chi connectivity index (χ0) is 13.9. The third-order valence-corrected chi connectivity index (χ3v) is 3.41. The first kappa shape index (κ1) is 12.9. The van der Waals surface area contributed by atoms with Crippen LogP contribution in [0.4, 0.5) is 10.1 Å². The lowest BCUT2D eigenvalue weighted by molar-refractivity contribution is 0.628. The van der Waals surface area contributed by atoms with Crippen molar-refractivity contribution < 1.29 is 4.39 Å². The number of aromatic nitrogens is 1. The third-order valence-electron chi connectivity index (χ3n) is 3.12. The molecule has 0 saturated heterocycles. The standard InChI is InChI=1S/C16H12ClFN2/c17-14-9-13(6-7-15(14)18)20-10-12-4-1-3-11-5-2-8-19-16(11)12/h1-9,20H,10H2. The zero-order valence-corrected chi connectivity index (χ0v) is 11.4. The van der Waals surface area contributed by atoms with Gasteiger partial charge in [0.2, 0.25) is 0 Å². The Morgan fingerprint density at radius 3 is 2.80 bits per heavy atom. The van der Waals surface area contributed by atoms with Gasteiger partial charge in [-0.3, -0.25) is 4.98 Å². The highest BCUT2D eigenvalue weighted by atomic mass is 35.5. The average molecular weight is 287 g/mol. The molecule has 0 amide bonds. The largest absolute Gasteiger partial charge is 0.381 e. The zero-order valence-electron chi connectivity index (χ0n) is 10.6. The van der Waals surface area contributed by atoms with Gasteiger partial charge in [-0.1, -0.05) is 35.9 Å². The summed E-state index contributed by atoms with van der Waals surface area (Å²) in [6.07, 6.45) is 1.78. The average Bonchev–Trinajstić information content (AvgIpc) is 2.48. The number of nitrogens with zero attached hydrogens (tertiary/aromatic N) is 1. The van der Waals surface area contributed by atoms with Crippen LogP contribution in [0.15, 0.2) is 54.7 Å². The first-order chi connectivity index (χ1) is 9.74. The maximum absolute atomic E-state index is 13.1. The molecule has 0 aliphatic carbocycles. The topological polar surface area (TPSA) is 24.9 Å². The molecule has 0 spiro atoms. The molecule has 4 heteroatoms. The maximum atomic E-state index is 13.1. The van der Waals surface area contributed by atoms with Crippen LogP contribution in [0.1, 0.15) is 5.56 Å². The van der Waals surface area contributed by atoms with Crippen LogP contribution >= 0.6 is 11.6 Å². The van der Waals surface area contributed by atoms with Crippen molar-refractivity contribution in [2.75, 3.05) is 5.32 Å². The predicted octanol–water partition coefficient (Wildman–Crippen LogP) is 4.64. The molecule has 0 radical (unpaired) electrons. The molecule has 0 saturated carbocycles. The summed E-state index contributed by atoms with van der Waals surface area (Å²) in [6, 6.07) is 14.6. The fourth-order valence-electron chi connectivity index (χ4n) is 2.11. The number of para-hydroxylation sites is 1. The molecule has 1 heterocycles. The molecule has 0 fully saturated rings. The fraction of sp³-hybridized carbons (Fsp3) is 0.0625. The van der Waals surface area contributed by atoms with Crippen molar-refractivity contribution in [3.05, 3.63) is 71.1 Å². The molecular formula is C16H12ClFN2. The summed E-state index contributed by atoms with van der Waals surface area (Å²) in [6.45, 7) is 0.607. The quantitative estimate of drug-likeness (QED) is 0.759. The Kier molecular flexibility index (Phi) is 3.52. The van der Waals surface area contributed by atoms with Gasteiger partial charge >= 0.3 is 0 Å². The lowest BCUT2D eigenvalue weighted by atomic mass is 10.1. The number of rotatable bonds is 3. The van der Waals surface area contributed by atoms with Crippen LogP contribution in [0.2, 0.25) is 5.02 Å². The van der Waals surface area contributed by atoms with Gasteiger partial charge in [0.1, 0.15) is 5.82 Å². The van der Waals surface area contributed by atoms with E-state index in [1.54, 1.807) is 18.3 Å². The van der Waals surface area contributed by atoms with E-state index >= 15 is 0 Å². The van der Waals surface area contributed by atoms with E-state index in [2.05, 4.69) is 10.3 Å². The maximum Gasteiger partial charge on any atom is 0.141 e.